The molecule has 0 fully saturated rings. The lowest BCUT2D eigenvalue weighted by atomic mass is 9.92. The number of carbonyl (C=O) groups is 2. The molecule has 0 aliphatic carbocycles. The van der Waals surface area contributed by atoms with Crippen molar-refractivity contribution in [1.82, 2.24) is 20.2 Å². The molecule has 2 aromatic heterocycles. The van der Waals surface area contributed by atoms with Crippen LogP contribution >= 0.6 is 0 Å². The first-order chi connectivity index (χ1) is 15.1. The highest BCUT2D eigenvalue weighted by Crippen LogP contribution is 2.21. The van der Waals surface area contributed by atoms with E-state index in [1.807, 2.05) is 13.8 Å². The van der Waals surface area contributed by atoms with Gasteiger partial charge in [-0.05, 0) is 53.9 Å². The average Bonchev–Trinajstić information content (AvgIpc) is 3.34. The molecule has 8 heteroatoms. The summed E-state index contributed by atoms with van der Waals surface area (Å²) in [5.74, 6) is -1.25. The highest BCUT2D eigenvalue weighted by atomic mass is 19.1. The molecule has 0 bridgehead atoms. The number of hydrogen-bond acceptors (Lipinski definition) is 2. The Morgan fingerprint density at radius 1 is 0.906 bits per heavy atom. The van der Waals surface area contributed by atoms with Gasteiger partial charge in [-0.3, -0.25) is 9.59 Å². The lowest BCUT2D eigenvalue weighted by Crippen LogP contribution is -2.43. The Hall–Kier alpha value is -3.68. The van der Waals surface area contributed by atoms with Crippen molar-refractivity contribution < 1.29 is 18.4 Å². The zero-order chi connectivity index (χ0) is 23.0. The molecule has 4 rings (SSSR count). The first-order valence-corrected chi connectivity index (χ1v) is 10.2. The summed E-state index contributed by atoms with van der Waals surface area (Å²) < 4.78 is 26.8. The van der Waals surface area contributed by atoms with E-state index in [1.54, 1.807) is 36.2 Å². The fourth-order valence-corrected chi connectivity index (χ4v) is 3.83. The number of carbonyl (C=O) groups excluding carboxylic acids is 2. The Morgan fingerprint density at radius 2 is 1.44 bits per heavy atom. The Kier molecular flexibility index (Phi) is 5.46. The van der Waals surface area contributed by atoms with Gasteiger partial charge >= 0.3 is 0 Å². The molecule has 0 radical (unpaired) electrons. The van der Waals surface area contributed by atoms with Crippen molar-refractivity contribution in [1.29, 1.82) is 0 Å². The van der Waals surface area contributed by atoms with E-state index >= 15 is 0 Å². The number of nitrogens with one attached hydrogen (secondary N) is 3. The predicted molar refractivity (Wildman–Crippen MR) is 120 cm³/mol. The maximum absolute atomic E-state index is 13.4. The van der Waals surface area contributed by atoms with Crippen LogP contribution in [0.5, 0.6) is 0 Å². The van der Waals surface area contributed by atoms with Crippen molar-refractivity contribution in [2.45, 2.75) is 13.8 Å². The van der Waals surface area contributed by atoms with Gasteiger partial charge in [0.25, 0.3) is 11.8 Å². The van der Waals surface area contributed by atoms with Crippen molar-refractivity contribution in [2.75, 3.05) is 20.1 Å². The van der Waals surface area contributed by atoms with E-state index in [1.165, 1.54) is 24.3 Å². The van der Waals surface area contributed by atoms with Gasteiger partial charge in [-0.25, -0.2) is 8.78 Å². The highest BCUT2D eigenvalue weighted by Gasteiger charge is 2.25. The number of H-pyrrole nitrogens is 2. The molecule has 0 spiro atoms. The van der Waals surface area contributed by atoms with Gasteiger partial charge in [-0.1, -0.05) is 13.8 Å². The van der Waals surface area contributed by atoms with E-state index in [0.29, 0.717) is 46.3 Å². The number of halogens is 2. The van der Waals surface area contributed by atoms with Crippen LogP contribution in [0.25, 0.3) is 21.8 Å². The summed E-state index contributed by atoms with van der Waals surface area (Å²) in [5, 5.41) is 4.13. The normalized spacial score (nSPS) is 11.8. The molecule has 32 heavy (non-hydrogen) atoms. The lowest BCUT2D eigenvalue weighted by molar-refractivity contribution is 0.0725. The van der Waals surface area contributed by atoms with E-state index in [0.717, 1.165) is 0 Å². The number of aromatic nitrogens is 2. The summed E-state index contributed by atoms with van der Waals surface area (Å²) in [6, 6.07) is 11.8. The Morgan fingerprint density at radius 3 is 2.03 bits per heavy atom. The number of amides is 2. The van der Waals surface area contributed by atoms with Crippen LogP contribution in [-0.2, 0) is 0 Å². The maximum Gasteiger partial charge on any atom is 0.270 e. The van der Waals surface area contributed by atoms with Crippen molar-refractivity contribution in [3.05, 3.63) is 71.6 Å². The first kappa shape index (κ1) is 21.5. The second-order valence-electron chi connectivity index (χ2n) is 8.84. The minimum Gasteiger partial charge on any atom is -0.351 e. The second kappa shape index (κ2) is 8.11. The predicted octanol–water partition coefficient (Wildman–Crippen LogP) is 4.46. The van der Waals surface area contributed by atoms with Gasteiger partial charge in [0.2, 0.25) is 0 Å². The SMILES string of the molecule is CN(CC(C)(C)CNC(=O)c1cc2cc(F)ccc2[nH]1)C(=O)c1cc2cc(F)ccc2[nH]1. The molecule has 0 aliphatic rings. The highest BCUT2D eigenvalue weighted by molar-refractivity contribution is 5.98. The molecular formula is C24H24F2N4O2. The van der Waals surface area contributed by atoms with E-state index in [2.05, 4.69) is 15.3 Å². The molecule has 2 aromatic carbocycles. The summed E-state index contributed by atoms with van der Waals surface area (Å²) in [5.41, 5.74) is 1.66. The van der Waals surface area contributed by atoms with Crippen molar-refractivity contribution in [3.63, 3.8) is 0 Å². The van der Waals surface area contributed by atoms with Crippen LogP contribution in [0.3, 0.4) is 0 Å². The standard InChI is InChI=1S/C24H24F2N4O2/c1-24(2,12-27-22(31)20-10-14-8-16(25)4-6-18(14)28-20)13-30(3)23(32)21-11-15-9-17(26)5-7-19(15)29-21/h4-11,28-29H,12-13H2,1-3H3,(H,27,31). The molecule has 0 aliphatic heterocycles. The van der Waals surface area contributed by atoms with Gasteiger partial charge in [0, 0.05) is 41.9 Å². The minimum atomic E-state index is -0.420. The van der Waals surface area contributed by atoms with Crippen LogP contribution in [0.1, 0.15) is 34.8 Å². The van der Waals surface area contributed by atoms with Crippen molar-refractivity contribution in [3.8, 4) is 0 Å². The van der Waals surface area contributed by atoms with Crippen LogP contribution in [0.15, 0.2) is 48.5 Å². The number of fused-ring (bicyclic) bond motifs is 2. The molecule has 0 saturated carbocycles. The molecule has 3 N–H and O–H groups in total. The van der Waals surface area contributed by atoms with E-state index in [4.69, 9.17) is 0 Å². The van der Waals surface area contributed by atoms with E-state index < -0.39 is 5.41 Å². The molecule has 2 amide bonds. The fourth-order valence-electron chi connectivity index (χ4n) is 3.83. The van der Waals surface area contributed by atoms with Gasteiger partial charge < -0.3 is 20.2 Å². The van der Waals surface area contributed by atoms with Gasteiger partial charge in [0.15, 0.2) is 0 Å². The third kappa shape index (κ3) is 4.49. The zero-order valence-corrected chi connectivity index (χ0v) is 18.1. The molecule has 0 unspecified atom stereocenters. The van der Waals surface area contributed by atoms with Crippen LogP contribution in [-0.4, -0.2) is 46.8 Å². The maximum atomic E-state index is 13.4. The van der Waals surface area contributed by atoms with Crippen molar-refractivity contribution >= 4 is 33.6 Å². The molecule has 2 heterocycles. The quantitative estimate of drug-likeness (QED) is 0.416. The third-order valence-electron chi connectivity index (χ3n) is 5.38. The Balaban J connectivity index is 1.38. The fraction of sp³-hybridized carbons (Fsp3) is 0.250. The second-order valence-corrected chi connectivity index (χ2v) is 8.84. The zero-order valence-electron chi connectivity index (χ0n) is 18.1. The monoisotopic (exact) mass is 438 g/mol. The number of rotatable bonds is 6. The van der Waals surface area contributed by atoms with Crippen LogP contribution < -0.4 is 5.32 Å². The largest absolute Gasteiger partial charge is 0.351 e. The summed E-state index contributed by atoms with van der Waals surface area (Å²) >= 11 is 0. The molecule has 0 saturated heterocycles. The summed E-state index contributed by atoms with van der Waals surface area (Å²) in [4.78, 5) is 33.0. The summed E-state index contributed by atoms with van der Waals surface area (Å²) in [7, 11) is 1.68. The number of aromatic amines is 2. The Labute approximate surface area is 183 Å². The summed E-state index contributed by atoms with van der Waals surface area (Å²) in [6.07, 6.45) is 0. The third-order valence-corrected chi connectivity index (χ3v) is 5.38. The molecule has 166 valence electrons. The molecular weight excluding hydrogens is 414 g/mol. The molecule has 6 nitrogen and oxygen atoms in total. The number of nitrogens with zero attached hydrogens (tertiary/aromatic N) is 1. The van der Waals surface area contributed by atoms with Gasteiger partial charge in [0.05, 0.1) is 0 Å². The smallest absolute Gasteiger partial charge is 0.270 e. The first-order valence-electron chi connectivity index (χ1n) is 10.2. The summed E-state index contributed by atoms with van der Waals surface area (Å²) in [6.45, 7) is 4.59. The Bertz CT molecular complexity index is 1320. The number of hydrogen-bond donors (Lipinski definition) is 3. The van der Waals surface area contributed by atoms with E-state index in [9.17, 15) is 18.4 Å². The minimum absolute atomic E-state index is 0.223. The molecule has 0 atom stereocenters. The molecule has 4 aromatic rings. The van der Waals surface area contributed by atoms with E-state index in [-0.39, 0.29) is 23.4 Å². The van der Waals surface area contributed by atoms with Crippen LogP contribution in [0, 0.1) is 17.0 Å². The topological polar surface area (TPSA) is 81.0 Å². The van der Waals surface area contributed by atoms with Gasteiger partial charge in [-0.2, -0.15) is 0 Å². The van der Waals surface area contributed by atoms with Crippen molar-refractivity contribution in [2.24, 2.45) is 5.41 Å². The number of benzene rings is 2. The van der Waals surface area contributed by atoms with Gasteiger partial charge in [0.1, 0.15) is 23.0 Å². The van der Waals surface area contributed by atoms with Crippen LogP contribution in [0.4, 0.5) is 8.78 Å². The van der Waals surface area contributed by atoms with Gasteiger partial charge in [-0.15, -0.1) is 0 Å². The average molecular weight is 438 g/mol. The lowest BCUT2D eigenvalue weighted by Gasteiger charge is -2.30. The van der Waals surface area contributed by atoms with Crippen LogP contribution in [0.2, 0.25) is 0 Å².